The third-order valence-electron chi connectivity index (χ3n) is 2.84. The van der Waals surface area contributed by atoms with E-state index in [4.69, 9.17) is 23.2 Å². The predicted octanol–water partition coefficient (Wildman–Crippen LogP) is 4.07. The third kappa shape index (κ3) is 4.78. The molecule has 0 saturated carbocycles. The van der Waals surface area contributed by atoms with E-state index >= 15 is 0 Å². The summed E-state index contributed by atoms with van der Waals surface area (Å²) in [4.78, 5) is -0.170. The molecule has 0 saturated heterocycles. The van der Waals surface area contributed by atoms with Crippen LogP contribution in [0.4, 0.5) is 8.78 Å². The molecule has 0 aliphatic heterocycles. The molecule has 2 aromatic carbocycles. The molecule has 4 nitrogen and oxygen atoms in total. The van der Waals surface area contributed by atoms with E-state index in [2.05, 4.69) is 9.46 Å². The van der Waals surface area contributed by atoms with Crippen molar-refractivity contribution in [3.05, 3.63) is 58.1 Å². The predicted molar refractivity (Wildman–Crippen MR) is 83.6 cm³/mol. The third-order valence-corrected chi connectivity index (χ3v) is 4.90. The molecule has 124 valence electrons. The molecule has 0 bridgehead atoms. The Morgan fingerprint density at radius 3 is 2.39 bits per heavy atom. The summed E-state index contributed by atoms with van der Waals surface area (Å²) >= 11 is 11.7. The van der Waals surface area contributed by atoms with E-state index in [9.17, 15) is 17.2 Å². The molecule has 1 N–H and O–H groups in total. The maximum atomic E-state index is 12.2. The zero-order valence-corrected chi connectivity index (χ0v) is 13.8. The lowest BCUT2D eigenvalue weighted by atomic mass is 10.2. The van der Waals surface area contributed by atoms with E-state index < -0.39 is 16.6 Å². The first-order valence-electron chi connectivity index (χ1n) is 6.27. The van der Waals surface area contributed by atoms with Crippen molar-refractivity contribution in [1.82, 2.24) is 4.72 Å². The number of rotatable bonds is 6. The second kappa shape index (κ2) is 7.44. The number of ether oxygens (including phenoxy) is 1. The van der Waals surface area contributed by atoms with Crippen molar-refractivity contribution < 1.29 is 21.9 Å². The normalized spacial score (nSPS) is 11.7. The summed E-state index contributed by atoms with van der Waals surface area (Å²) in [6.07, 6.45) is 0. The van der Waals surface area contributed by atoms with Gasteiger partial charge in [-0.05, 0) is 29.8 Å². The van der Waals surface area contributed by atoms with Crippen LogP contribution in [0.25, 0.3) is 0 Å². The van der Waals surface area contributed by atoms with Gasteiger partial charge in [-0.15, -0.1) is 0 Å². The average molecular weight is 382 g/mol. The molecular weight excluding hydrogens is 371 g/mol. The van der Waals surface area contributed by atoms with Gasteiger partial charge >= 0.3 is 6.61 Å². The van der Waals surface area contributed by atoms with Gasteiger partial charge in [-0.25, -0.2) is 13.1 Å². The average Bonchev–Trinajstić information content (AvgIpc) is 2.48. The van der Waals surface area contributed by atoms with E-state index in [-0.39, 0.29) is 22.2 Å². The lowest BCUT2D eigenvalue weighted by Crippen LogP contribution is -2.23. The highest BCUT2D eigenvalue weighted by molar-refractivity contribution is 7.89. The van der Waals surface area contributed by atoms with Crippen LogP contribution >= 0.6 is 23.2 Å². The number of hydrogen-bond acceptors (Lipinski definition) is 3. The van der Waals surface area contributed by atoms with E-state index in [0.717, 1.165) is 18.2 Å². The van der Waals surface area contributed by atoms with Crippen molar-refractivity contribution in [1.29, 1.82) is 0 Å². The highest BCUT2D eigenvalue weighted by Crippen LogP contribution is 2.28. The minimum Gasteiger partial charge on any atom is -0.433 e. The summed E-state index contributed by atoms with van der Waals surface area (Å²) in [5.74, 6) is -0.299. The molecule has 0 radical (unpaired) electrons. The molecule has 0 aromatic heterocycles. The van der Waals surface area contributed by atoms with E-state index in [0.29, 0.717) is 10.6 Å². The smallest absolute Gasteiger partial charge is 0.387 e. The van der Waals surface area contributed by atoms with E-state index in [1.165, 1.54) is 0 Å². The van der Waals surface area contributed by atoms with Crippen LogP contribution in [0.5, 0.6) is 5.75 Å². The molecule has 0 aliphatic carbocycles. The largest absolute Gasteiger partial charge is 0.433 e. The van der Waals surface area contributed by atoms with Crippen molar-refractivity contribution in [2.45, 2.75) is 18.1 Å². The van der Waals surface area contributed by atoms with Crippen LogP contribution in [-0.4, -0.2) is 15.0 Å². The zero-order valence-electron chi connectivity index (χ0n) is 11.5. The Balaban J connectivity index is 2.16. The van der Waals surface area contributed by atoms with Gasteiger partial charge in [0.2, 0.25) is 10.0 Å². The molecular formula is C14H11Cl2F2NO3S. The fraction of sp³-hybridized carbons (Fsp3) is 0.143. The first kappa shape index (κ1) is 17.9. The molecule has 0 atom stereocenters. The van der Waals surface area contributed by atoms with Crippen molar-refractivity contribution in [3.63, 3.8) is 0 Å². The summed E-state index contributed by atoms with van der Waals surface area (Å²) in [6.45, 7) is -3.07. The number of nitrogens with one attached hydrogen (secondary N) is 1. The van der Waals surface area contributed by atoms with Crippen molar-refractivity contribution in [2.24, 2.45) is 0 Å². The first-order valence-corrected chi connectivity index (χ1v) is 8.51. The molecule has 23 heavy (non-hydrogen) atoms. The molecule has 9 heteroatoms. The standard InChI is InChI=1S/C14H11Cl2F2NO3S/c15-11-4-2-1-3-9(11)8-19-23(20,21)10-5-6-13(12(16)7-10)22-14(17)18/h1-7,14,19H,8H2. The van der Waals surface area contributed by atoms with Crippen molar-refractivity contribution in [2.75, 3.05) is 0 Å². The van der Waals surface area contributed by atoms with Gasteiger partial charge in [-0.2, -0.15) is 8.78 Å². The second-order valence-corrected chi connectivity index (χ2v) is 6.97. The Hall–Kier alpha value is -1.41. The number of benzene rings is 2. The number of hydrogen-bond donors (Lipinski definition) is 1. The van der Waals surface area contributed by atoms with Crippen molar-refractivity contribution >= 4 is 33.2 Å². The van der Waals surface area contributed by atoms with E-state index in [1.54, 1.807) is 24.3 Å². The molecule has 2 rings (SSSR count). The molecule has 0 amide bonds. The summed E-state index contributed by atoms with van der Waals surface area (Å²) in [7, 11) is -3.88. The monoisotopic (exact) mass is 381 g/mol. The van der Waals surface area contributed by atoms with Gasteiger partial charge in [0.05, 0.1) is 9.92 Å². The molecule has 0 fully saturated rings. The Bertz CT molecular complexity index is 800. The van der Waals surface area contributed by atoms with Gasteiger partial charge in [0.15, 0.2) is 0 Å². The second-order valence-electron chi connectivity index (χ2n) is 4.39. The zero-order chi connectivity index (χ0) is 17.0. The Labute approximate surface area is 142 Å². The Morgan fingerprint density at radius 1 is 1.09 bits per heavy atom. The van der Waals surface area contributed by atoms with Gasteiger partial charge in [-0.3, -0.25) is 0 Å². The van der Waals surface area contributed by atoms with Gasteiger partial charge in [0, 0.05) is 11.6 Å². The molecule has 2 aromatic rings. The summed E-state index contributed by atoms with van der Waals surface area (Å²) in [5, 5.41) is 0.194. The lowest BCUT2D eigenvalue weighted by Gasteiger charge is -2.10. The van der Waals surface area contributed by atoms with Crippen LogP contribution < -0.4 is 9.46 Å². The molecule has 0 heterocycles. The van der Waals surface area contributed by atoms with Gasteiger partial charge in [0.25, 0.3) is 0 Å². The minimum atomic E-state index is -3.88. The van der Waals surface area contributed by atoms with Gasteiger partial charge in [0.1, 0.15) is 5.75 Å². The van der Waals surface area contributed by atoms with Gasteiger partial charge in [-0.1, -0.05) is 41.4 Å². The van der Waals surface area contributed by atoms with Gasteiger partial charge < -0.3 is 4.74 Å². The summed E-state index contributed by atoms with van der Waals surface area (Å²) in [5.41, 5.74) is 0.599. The number of sulfonamides is 1. The first-order chi connectivity index (χ1) is 10.8. The van der Waals surface area contributed by atoms with Crippen LogP contribution in [0.15, 0.2) is 47.4 Å². The quantitative estimate of drug-likeness (QED) is 0.820. The lowest BCUT2D eigenvalue weighted by molar-refractivity contribution is -0.0498. The fourth-order valence-corrected chi connectivity index (χ4v) is 3.26. The van der Waals surface area contributed by atoms with Crippen LogP contribution in [0, 0.1) is 0 Å². The maximum absolute atomic E-state index is 12.2. The minimum absolute atomic E-state index is 0.0189. The van der Waals surface area contributed by atoms with Crippen molar-refractivity contribution in [3.8, 4) is 5.75 Å². The Morgan fingerprint density at radius 2 is 1.78 bits per heavy atom. The number of alkyl halides is 2. The SMILES string of the molecule is O=S(=O)(NCc1ccccc1Cl)c1ccc(OC(F)F)c(Cl)c1. The summed E-state index contributed by atoms with van der Waals surface area (Å²) < 4.78 is 55.2. The molecule has 0 unspecified atom stereocenters. The topological polar surface area (TPSA) is 55.4 Å². The molecule has 0 spiro atoms. The maximum Gasteiger partial charge on any atom is 0.387 e. The summed E-state index contributed by atoms with van der Waals surface area (Å²) in [6, 6.07) is 9.99. The highest BCUT2D eigenvalue weighted by Gasteiger charge is 2.17. The Kier molecular flexibility index (Phi) is 5.80. The van der Waals surface area contributed by atoms with Crippen LogP contribution in [0.2, 0.25) is 10.0 Å². The van der Waals surface area contributed by atoms with Crippen LogP contribution in [0.3, 0.4) is 0 Å². The van der Waals surface area contributed by atoms with E-state index in [1.807, 2.05) is 0 Å². The molecule has 0 aliphatic rings. The van der Waals surface area contributed by atoms with Crippen LogP contribution in [0.1, 0.15) is 5.56 Å². The fourth-order valence-electron chi connectivity index (χ4n) is 1.74. The van der Waals surface area contributed by atoms with Crippen LogP contribution in [-0.2, 0) is 16.6 Å². The highest BCUT2D eigenvalue weighted by atomic mass is 35.5. The number of halogens is 4.